The lowest BCUT2D eigenvalue weighted by molar-refractivity contribution is 0.571. The first-order valence-electron chi connectivity index (χ1n) is 4.06. The smallest absolute Gasteiger partial charge is 0.0931 e. The zero-order valence-corrected chi connectivity index (χ0v) is 9.35. The number of alkyl halides is 1. The summed E-state index contributed by atoms with van der Waals surface area (Å²) >= 11 is 13.3. The average Bonchev–Trinajstić information content (AvgIpc) is 2.47. The number of halogens is 2. The lowest BCUT2D eigenvalue weighted by Gasteiger charge is -2.08. The summed E-state index contributed by atoms with van der Waals surface area (Å²) in [6, 6.07) is 4.03. The largest absolute Gasteiger partial charge is 0.128 e. The molecule has 0 aromatic carbocycles. The Morgan fingerprint density at radius 1 is 1.50 bits per heavy atom. The van der Waals surface area contributed by atoms with Gasteiger partial charge in [0.15, 0.2) is 0 Å². The third-order valence-corrected chi connectivity index (χ3v) is 3.60. The van der Waals surface area contributed by atoms with Crippen molar-refractivity contribution in [1.82, 2.24) is 0 Å². The van der Waals surface area contributed by atoms with Gasteiger partial charge < -0.3 is 0 Å². The van der Waals surface area contributed by atoms with Gasteiger partial charge in [-0.25, -0.2) is 0 Å². The fourth-order valence-corrected chi connectivity index (χ4v) is 2.58. The molecule has 0 nitrogen and oxygen atoms in total. The molecule has 12 heavy (non-hydrogen) atoms. The number of thiophene rings is 1. The summed E-state index contributed by atoms with van der Waals surface area (Å²) in [4.78, 5) is 1.34. The van der Waals surface area contributed by atoms with Crippen molar-refractivity contribution in [3.8, 4) is 0 Å². The molecule has 0 spiro atoms. The van der Waals surface area contributed by atoms with Crippen LogP contribution in [0.4, 0.5) is 0 Å². The number of hydrogen-bond acceptors (Lipinski definition) is 1. The second-order valence-electron chi connectivity index (χ2n) is 2.84. The van der Waals surface area contributed by atoms with E-state index in [1.54, 1.807) is 11.3 Å². The van der Waals surface area contributed by atoms with E-state index in [1.165, 1.54) is 4.88 Å². The molecule has 1 aromatic rings. The Balaban J connectivity index is 2.50. The molecule has 0 aliphatic heterocycles. The summed E-state index contributed by atoms with van der Waals surface area (Å²) in [6.45, 7) is 2.17. The Morgan fingerprint density at radius 2 is 2.25 bits per heavy atom. The zero-order valence-electron chi connectivity index (χ0n) is 7.02. The Morgan fingerprint density at radius 3 is 2.67 bits per heavy atom. The maximum absolute atomic E-state index is 5.82. The van der Waals surface area contributed by atoms with Gasteiger partial charge >= 0.3 is 0 Å². The summed E-state index contributed by atoms with van der Waals surface area (Å²) in [5, 5.41) is 0. The van der Waals surface area contributed by atoms with Crippen LogP contribution in [0.15, 0.2) is 12.1 Å². The summed E-state index contributed by atoms with van der Waals surface area (Å²) in [5.74, 6) is 1.34. The average molecular weight is 223 g/mol. The Bertz CT molecular complexity index is 228. The molecule has 1 unspecified atom stereocenters. The summed E-state index contributed by atoms with van der Waals surface area (Å²) < 4.78 is 0.870. The topological polar surface area (TPSA) is 0 Å². The molecule has 3 heteroatoms. The van der Waals surface area contributed by atoms with E-state index in [9.17, 15) is 0 Å². The normalized spacial score (nSPS) is 13.2. The van der Waals surface area contributed by atoms with E-state index < -0.39 is 0 Å². The Hall–Kier alpha value is 0.280. The summed E-state index contributed by atoms with van der Waals surface area (Å²) in [5.41, 5.74) is 0. The van der Waals surface area contributed by atoms with Crippen LogP contribution in [0, 0.1) is 5.92 Å². The fraction of sp³-hybridized carbons (Fsp3) is 0.556. The fourth-order valence-electron chi connectivity index (χ4n) is 1.05. The van der Waals surface area contributed by atoms with Gasteiger partial charge in [0, 0.05) is 10.8 Å². The van der Waals surface area contributed by atoms with Crippen LogP contribution in [0.5, 0.6) is 0 Å². The standard InChI is InChI=1S/C9H12Cl2S/c1-2-7(6-10)5-8-3-4-9(11)12-8/h3-4,7H,2,5-6H2,1H3. The van der Waals surface area contributed by atoms with Gasteiger partial charge in [-0.1, -0.05) is 24.9 Å². The summed E-state index contributed by atoms with van der Waals surface area (Å²) in [7, 11) is 0. The Labute approximate surface area is 87.5 Å². The zero-order chi connectivity index (χ0) is 8.97. The molecule has 0 saturated heterocycles. The van der Waals surface area contributed by atoms with Gasteiger partial charge in [0.2, 0.25) is 0 Å². The van der Waals surface area contributed by atoms with Gasteiger partial charge in [0.1, 0.15) is 0 Å². The van der Waals surface area contributed by atoms with Gasteiger partial charge in [-0.2, -0.15) is 0 Å². The molecular formula is C9H12Cl2S. The second-order valence-corrected chi connectivity index (χ2v) is 4.95. The predicted octanol–water partition coefficient (Wildman–Crippen LogP) is 4.21. The highest BCUT2D eigenvalue weighted by Gasteiger charge is 2.07. The van der Waals surface area contributed by atoms with Gasteiger partial charge in [-0.3, -0.25) is 0 Å². The molecule has 0 amide bonds. The van der Waals surface area contributed by atoms with Gasteiger partial charge in [-0.15, -0.1) is 22.9 Å². The highest BCUT2D eigenvalue weighted by molar-refractivity contribution is 7.16. The molecule has 0 saturated carbocycles. The molecule has 0 aliphatic carbocycles. The van der Waals surface area contributed by atoms with Crippen molar-refractivity contribution in [3.63, 3.8) is 0 Å². The van der Waals surface area contributed by atoms with Crippen molar-refractivity contribution in [3.05, 3.63) is 21.3 Å². The molecule has 0 aliphatic rings. The van der Waals surface area contributed by atoms with Crippen molar-refractivity contribution in [1.29, 1.82) is 0 Å². The summed E-state index contributed by atoms with van der Waals surface area (Å²) in [6.07, 6.45) is 2.20. The SMILES string of the molecule is CCC(CCl)Cc1ccc(Cl)s1. The molecule has 1 atom stereocenters. The lowest BCUT2D eigenvalue weighted by Crippen LogP contribution is -2.02. The van der Waals surface area contributed by atoms with Gasteiger partial charge in [0.25, 0.3) is 0 Å². The van der Waals surface area contributed by atoms with Crippen molar-refractivity contribution in [2.45, 2.75) is 19.8 Å². The van der Waals surface area contributed by atoms with Gasteiger partial charge in [0.05, 0.1) is 4.34 Å². The van der Waals surface area contributed by atoms with E-state index in [0.29, 0.717) is 5.92 Å². The predicted molar refractivity (Wildman–Crippen MR) is 57.5 cm³/mol. The van der Waals surface area contributed by atoms with E-state index in [2.05, 4.69) is 13.0 Å². The van der Waals surface area contributed by atoms with Crippen molar-refractivity contribution in [2.24, 2.45) is 5.92 Å². The first-order valence-corrected chi connectivity index (χ1v) is 5.79. The highest BCUT2D eigenvalue weighted by Crippen LogP contribution is 2.24. The highest BCUT2D eigenvalue weighted by atomic mass is 35.5. The van der Waals surface area contributed by atoms with Crippen molar-refractivity contribution < 1.29 is 0 Å². The number of hydrogen-bond donors (Lipinski definition) is 0. The lowest BCUT2D eigenvalue weighted by atomic mass is 10.0. The van der Waals surface area contributed by atoms with E-state index >= 15 is 0 Å². The molecule has 0 N–H and O–H groups in total. The van der Waals surface area contributed by atoms with E-state index in [4.69, 9.17) is 23.2 Å². The van der Waals surface area contributed by atoms with Crippen LogP contribution in [0.3, 0.4) is 0 Å². The van der Waals surface area contributed by atoms with Crippen LogP contribution in [0.25, 0.3) is 0 Å². The molecular weight excluding hydrogens is 211 g/mol. The van der Waals surface area contributed by atoms with Gasteiger partial charge in [-0.05, 0) is 24.5 Å². The first kappa shape index (κ1) is 10.4. The van der Waals surface area contributed by atoms with E-state index in [1.807, 2.05) is 6.07 Å². The maximum Gasteiger partial charge on any atom is 0.0931 e. The molecule has 0 fully saturated rings. The second kappa shape index (κ2) is 5.11. The molecule has 0 bridgehead atoms. The molecule has 1 heterocycles. The molecule has 1 rings (SSSR count). The minimum Gasteiger partial charge on any atom is -0.128 e. The maximum atomic E-state index is 5.82. The monoisotopic (exact) mass is 222 g/mol. The van der Waals surface area contributed by atoms with Crippen LogP contribution in [0.1, 0.15) is 18.2 Å². The van der Waals surface area contributed by atoms with E-state index in [0.717, 1.165) is 23.1 Å². The van der Waals surface area contributed by atoms with E-state index in [-0.39, 0.29) is 0 Å². The van der Waals surface area contributed by atoms with Crippen LogP contribution < -0.4 is 0 Å². The van der Waals surface area contributed by atoms with Crippen LogP contribution in [0.2, 0.25) is 4.34 Å². The first-order chi connectivity index (χ1) is 5.76. The minimum atomic E-state index is 0.599. The third kappa shape index (κ3) is 2.96. The molecule has 0 radical (unpaired) electrons. The van der Waals surface area contributed by atoms with Crippen LogP contribution >= 0.6 is 34.5 Å². The third-order valence-electron chi connectivity index (χ3n) is 1.91. The van der Waals surface area contributed by atoms with Crippen molar-refractivity contribution >= 4 is 34.5 Å². The van der Waals surface area contributed by atoms with Crippen LogP contribution in [-0.4, -0.2) is 5.88 Å². The van der Waals surface area contributed by atoms with Crippen LogP contribution in [-0.2, 0) is 6.42 Å². The molecule has 1 aromatic heterocycles. The Kier molecular flexibility index (Phi) is 4.41. The van der Waals surface area contributed by atoms with Crippen molar-refractivity contribution in [2.75, 3.05) is 5.88 Å². The number of rotatable bonds is 4. The quantitative estimate of drug-likeness (QED) is 0.671. The minimum absolute atomic E-state index is 0.599. The molecule has 68 valence electrons.